The Morgan fingerprint density at radius 2 is 1.62 bits per heavy atom. The van der Waals surface area contributed by atoms with Crippen LogP contribution in [0, 0.1) is 0 Å². The summed E-state index contributed by atoms with van der Waals surface area (Å²) in [5.41, 5.74) is 1.94. The van der Waals surface area contributed by atoms with Crippen LogP contribution in [0.4, 0.5) is 4.79 Å². The van der Waals surface area contributed by atoms with Crippen molar-refractivity contribution in [3.05, 3.63) is 65.7 Å². The molecule has 8 nitrogen and oxygen atoms in total. The summed E-state index contributed by atoms with van der Waals surface area (Å²) in [6, 6.07) is 17.1. The summed E-state index contributed by atoms with van der Waals surface area (Å²) in [4.78, 5) is 30.6. The van der Waals surface area contributed by atoms with E-state index < -0.39 is 9.84 Å². The highest BCUT2D eigenvalue weighted by Gasteiger charge is 2.28. The maximum atomic E-state index is 13.2. The maximum Gasteiger partial charge on any atom is 0.315 e. The van der Waals surface area contributed by atoms with Crippen LogP contribution in [0.3, 0.4) is 0 Å². The first-order valence-corrected chi connectivity index (χ1v) is 16.5. The molecule has 2 aromatic rings. The van der Waals surface area contributed by atoms with Crippen molar-refractivity contribution in [1.82, 2.24) is 20.4 Å². The Kier molecular flexibility index (Phi) is 10.6. The largest absolute Gasteiger partial charge is 0.340 e. The van der Waals surface area contributed by atoms with Crippen LogP contribution in [0.1, 0.15) is 69.0 Å². The predicted octanol–water partition coefficient (Wildman–Crippen LogP) is 4.32. The third kappa shape index (κ3) is 8.54. The molecule has 0 bridgehead atoms. The molecule has 2 aliphatic rings. The summed E-state index contributed by atoms with van der Waals surface area (Å²) >= 11 is 0. The molecule has 0 aromatic heterocycles. The van der Waals surface area contributed by atoms with Gasteiger partial charge in [0.15, 0.2) is 9.84 Å². The SMILES string of the molecule is CCN(C(=O)Cc1ccc(S(C)(=O)=O)cc1)C1CCN(CC[C@H](NC(=O)NC2CCCC2)c2ccccc2)CC1. The number of hydrogen-bond donors (Lipinski definition) is 2. The maximum absolute atomic E-state index is 13.2. The number of hydrogen-bond acceptors (Lipinski definition) is 5. The fourth-order valence-electron chi connectivity index (χ4n) is 6.00. The number of likely N-dealkylation sites (tertiary alicyclic amines) is 1. The van der Waals surface area contributed by atoms with Crippen molar-refractivity contribution in [3.8, 4) is 0 Å². The molecule has 2 N–H and O–H groups in total. The zero-order chi connectivity index (χ0) is 28.5. The standard InChI is InChI=1S/C31H44N4O4S/c1-3-35(30(36)23-24-13-15-28(16-14-24)40(2,38)39)27-17-20-34(21-18-27)22-19-29(25-9-5-4-6-10-25)33-31(37)32-26-11-7-8-12-26/h4-6,9-10,13-16,26-27,29H,3,7-8,11-12,17-23H2,1-2H3,(H2,32,33,37)/t29-/m0/s1. The van der Waals surface area contributed by atoms with Gasteiger partial charge < -0.3 is 20.4 Å². The molecular weight excluding hydrogens is 524 g/mol. The number of amides is 3. The summed E-state index contributed by atoms with van der Waals surface area (Å²) in [6.45, 7) is 5.37. The van der Waals surface area contributed by atoms with E-state index >= 15 is 0 Å². The second-order valence-electron chi connectivity index (χ2n) is 11.2. The number of nitrogens with one attached hydrogen (secondary N) is 2. The van der Waals surface area contributed by atoms with Crippen molar-refractivity contribution in [2.45, 2.75) is 81.3 Å². The Hall–Kier alpha value is -2.91. The molecule has 218 valence electrons. The van der Waals surface area contributed by atoms with E-state index in [-0.39, 0.29) is 41.4 Å². The van der Waals surface area contributed by atoms with Crippen molar-refractivity contribution >= 4 is 21.8 Å². The smallest absolute Gasteiger partial charge is 0.315 e. The van der Waals surface area contributed by atoms with Crippen molar-refractivity contribution < 1.29 is 18.0 Å². The number of likely N-dealkylation sites (N-methyl/N-ethyl adjacent to an activating group) is 1. The van der Waals surface area contributed by atoms with Crippen LogP contribution in [0.5, 0.6) is 0 Å². The molecule has 1 heterocycles. The Labute approximate surface area is 239 Å². The first-order valence-electron chi connectivity index (χ1n) is 14.7. The average Bonchev–Trinajstić information content (AvgIpc) is 3.45. The monoisotopic (exact) mass is 568 g/mol. The second-order valence-corrected chi connectivity index (χ2v) is 13.2. The predicted molar refractivity (Wildman–Crippen MR) is 158 cm³/mol. The van der Waals surface area contributed by atoms with E-state index in [1.54, 1.807) is 24.3 Å². The number of carbonyl (C=O) groups is 2. The molecule has 3 amide bonds. The molecule has 1 saturated heterocycles. The van der Waals surface area contributed by atoms with Crippen LogP contribution < -0.4 is 10.6 Å². The number of carbonyl (C=O) groups excluding carboxylic acids is 2. The fourth-order valence-corrected chi connectivity index (χ4v) is 6.63. The van der Waals surface area contributed by atoms with Crippen molar-refractivity contribution in [1.29, 1.82) is 0 Å². The van der Waals surface area contributed by atoms with Gasteiger partial charge in [0.1, 0.15) is 0 Å². The normalized spacial score (nSPS) is 17.9. The molecule has 1 atom stereocenters. The highest BCUT2D eigenvalue weighted by Crippen LogP contribution is 2.23. The summed E-state index contributed by atoms with van der Waals surface area (Å²) in [5.74, 6) is 0.0784. The number of sulfone groups is 1. The molecular formula is C31H44N4O4S. The molecule has 0 spiro atoms. The average molecular weight is 569 g/mol. The molecule has 1 aliphatic carbocycles. The minimum Gasteiger partial charge on any atom is -0.340 e. The van der Waals surface area contributed by atoms with Crippen molar-refractivity contribution in [3.63, 3.8) is 0 Å². The lowest BCUT2D eigenvalue weighted by Crippen LogP contribution is -2.48. The van der Waals surface area contributed by atoms with E-state index in [1.165, 1.54) is 19.1 Å². The van der Waals surface area contributed by atoms with E-state index in [1.807, 2.05) is 30.0 Å². The number of benzene rings is 2. The molecule has 9 heteroatoms. The summed E-state index contributed by atoms with van der Waals surface area (Å²) in [6.07, 6.45) is 8.60. The second kappa shape index (κ2) is 14.1. The Morgan fingerprint density at radius 1 is 0.975 bits per heavy atom. The van der Waals surface area contributed by atoms with Gasteiger partial charge in [0.2, 0.25) is 5.91 Å². The Morgan fingerprint density at radius 3 is 2.23 bits per heavy atom. The van der Waals surface area contributed by atoms with Gasteiger partial charge >= 0.3 is 6.03 Å². The summed E-state index contributed by atoms with van der Waals surface area (Å²) in [7, 11) is -3.25. The molecule has 4 rings (SSSR count). The molecule has 2 aromatic carbocycles. The summed E-state index contributed by atoms with van der Waals surface area (Å²) in [5, 5.41) is 6.37. The molecule has 1 aliphatic heterocycles. The lowest BCUT2D eigenvalue weighted by atomic mass is 10.00. The van der Waals surface area contributed by atoms with E-state index in [0.717, 1.165) is 62.9 Å². The fraction of sp³-hybridized carbons (Fsp3) is 0.548. The van der Waals surface area contributed by atoms with Gasteiger partial charge in [0.05, 0.1) is 17.4 Å². The van der Waals surface area contributed by atoms with Gasteiger partial charge in [-0.3, -0.25) is 4.79 Å². The minimum atomic E-state index is -3.25. The number of piperidine rings is 1. The third-order valence-corrected chi connectivity index (χ3v) is 9.43. The zero-order valence-corrected chi connectivity index (χ0v) is 24.7. The van der Waals surface area contributed by atoms with Crippen molar-refractivity contribution in [2.75, 3.05) is 32.4 Å². The number of rotatable bonds is 11. The van der Waals surface area contributed by atoms with Gasteiger partial charge in [-0.1, -0.05) is 55.3 Å². The van der Waals surface area contributed by atoms with Crippen LogP contribution >= 0.6 is 0 Å². The summed E-state index contributed by atoms with van der Waals surface area (Å²) < 4.78 is 23.4. The Balaban J connectivity index is 1.27. The van der Waals surface area contributed by atoms with Gasteiger partial charge in [-0.15, -0.1) is 0 Å². The highest BCUT2D eigenvalue weighted by molar-refractivity contribution is 7.90. The molecule has 2 fully saturated rings. The van der Waals surface area contributed by atoms with E-state index in [4.69, 9.17) is 0 Å². The topological polar surface area (TPSA) is 98.8 Å². The van der Waals surface area contributed by atoms with Gasteiger partial charge in [-0.05, 0) is 62.3 Å². The molecule has 0 radical (unpaired) electrons. The van der Waals surface area contributed by atoms with Crippen LogP contribution in [0.25, 0.3) is 0 Å². The molecule has 1 saturated carbocycles. The third-order valence-electron chi connectivity index (χ3n) is 8.30. The molecule has 0 unspecified atom stereocenters. The van der Waals surface area contributed by atoms with Crippen molar-refractivity contribution in [2.24, 2.45) is 0 Å². The van der Waals surface area contributed by atoms with Crippen LogP contribution in [-0.2, 0) is 21.1 Å². The first kappa shape index (κ1) is 30.1. The van der Waals surface area contributed by atoms with Gasteiger partial charge in [-0.2, -0.15) is 0 Å². The van der Waals surface area contributed by atoms with E-state index in [9.17, 15) is 18.0 Å². The number of urea groups is 1. The van der Waals surface area contributed by atoms with Crippen LogP contribution in [-0.4, -0.2) is 74.7 Å². The van der Waals surface area contributed by atoms with Gasteiger partial charge in [-0.25, -0.2) is 13.2 Å². The van der Waals surface area contributed by atoms with Gasteiger partial charge in [0.25, 0.3) is 0 Å². The minimum absolute atomic E-state index is 0.0527. The molecule has 40 heavy (non-hydrogen) atoms. The lowest BCUT2D eigenvalue weighted by Gasteiger charge is -2.38. The zero-order valence-electron chi connectivity index (χ0n) is 23.8. The number of nitrogens with zero attached hydrogens (tertiary/aromatic N) is 2. The first-order chi connectivity index (χ1) is 19.2. The Bertz CT molecular complexity index is 1210. The van der Waals surface area contributed by atoms with Crippen LogP contribution in [0.2, 0.25) is 0 Å². The highest BCUT2D eigenvalue weighted by atomic mass is 32.2. The van der Waals surface area contributed by atoms with Crippen LogP contribution in [0.15, 0.2) is 59.5 Å². The quantitative estimate of drug-likeness (QED) is 0.421. The lowest BCUT2D eigenvalue weighted by molar-refractivity contribution is -0.133. The van der Waals surface area contributed by atoms with E-state index in [2.05, 4.69) is 27.7 Å². The van der Waals surface area contributed by atoms with Gasteiger partial charge in [0, 0.05) is 44.5 Å². The van der Waals surface area contributed by atoms with E-state index in [0.29, 0.717) is 6.54 Å².